The van der Waals surface area contributed by atoms with E-state index < -0.39 is 0 Å². The molecule has 0 aromatic carbocycles. The highest BCUT2D eigenvalue weighted by molar-refractivity contribution is 4.53. The van der Waals surface area contributed by atoms with Crippen LogP contribution in [0.2, 0.25) is 0 Å². The van der Waals surface area contributed by atoms with Crippen LogP contribution in [0.5, 0.6) is 0 Å². The van der Waals surface area contributed by atoms with Gasteiger partial charge in [-0.3, -0.25) is 0 Å². The lowest BCUT2D eigenvalue weighted by Crippen LogP contribution is -2.26. The third kappa shape index (κ3) is 8.40. The molecule has 0 aromatic rings. The van der Waals surface area contributed by atoms with Crippen molar-refractivity contribution in [2.24, 2.45) is 0 Å². The van der Waals surface area contributed by atoms with Crippen molar-refractivity contribution in [3.05, 3.63) is 0 Å². The maximum Gasteiger partial charge on any atom is 0.104 e. The number of aliphatic hydroxyl groups excluding tert-OH is 1. The van der Waals surface area contributed by atoms with Gasteiger partial charge in [0.25, 0.3) is 0 Å². The van der Waals surface area contributed by atoms with Gasteiger partial charge < -0.3 is 24.1 Å². The van der Waals surface area contributed by atoms with Crippen LogP contribution in [0.15, 0.2) is 0 Å². The highest BCUT2D eigenvalue weighted by Crippen LogP contribution is 1.92. The standard InChI is InChI=1S/C9H20O5/c1-11-3-5-13-8-9(7-10)14-6-4-12-2/h9-10H,3-8H2,1-2H3. The Morgan fingerprint density at radius 2 is 1.64 bits per heavy atom. The minimum Gasteiger partial charge on any atom is -0.394 e. The third-order valence-electron chi connectivity index (χ3n) is 1.58. The van der Waals surface area contributed by atoms with Crippen LogP contribution < -0.4 is 0 Å². The number of hydrogen-bond acceptors (Lipinski definition) is 5. The molecule has 0 rings (SSSR count). The molecule has 0 aliphatic heterocycles. The Bertz CT molecular complexity index is 109. The van der Waals surface area contributed by atoms with Crippen LogP contribution in [-0.2, 0) is 18.9 Å². The predicted octanol–water partition coefficient (Wildman–Crippen LogP) is -0.327. The quantitative estimate of drug-likeness (QED) is 0.498. The van der Waals surface area contributed by atoms with E-state index in [0.717, 1.165) is 0 Å². The Kier molecular flexibility index (Phi) is 10.7. The maximum absolute atomic E-state index is 8.90. The zero-order valence-corrected chi connectivity index (χ0v) is 8.90. The molecule has 0 aliphatic carbocycles. The Morgan fingerprint density at radius 3 is 2.21 bits per heavy atom. The van der Waals surface area contributed by atoms with E-state index in [1.165, 1.54) is 0 Å². The molecule has 1 N–H and O–H groups in total. The first kappa shape index (κ1) is 13.8. The minimum atomic E-state index is -0.276. The van der Waals surface area contributed by atoms with Gasteiger partial charge >= 0.3 is 0 Å². The van der Waals surface area contributed by atoms with Crippen LogP contribution in [0, 0.1) is 0 Å². The number of ether oxygens (including phenoxy) is 4. The van der Waals surface area contributed by atoms with E-state index in [4.69, 9.17) is 24.1 Å². The van der Waals surface area contributed by atoms with Gasteiger partial charge in [0, 0.05) is 14.2 Å². The van der Waals surface area contributed by atoms with E-state index in [1.807, 2.05) is 0 Å². The van der Waals surface area contributed by atoms with Gasteiger partial charge in [-0.15, -0.1) is 0 Å². The predicted molar refractivity (Wildman–Crippen MR) is 51.4 cm³/mol. The maximum atomic E-state index is 8.90. The fraction of sp³-hybridized carbons (Fsp3) is 1.00. The second-order valence-corrected chi connectivity index (χ2v) is 2.74. The summed E-state index contributed by atoms with van der Waals surface area (Å²) in [6.45, 7) is 2.39. The number of methoxy groups -OCH3 is 2. The summed E-state index contributed by atoms with van der Waals surface area (Å²) in [5.41, 5.74) is 0. The second kappa shape index (κ2) is 10.9. The van der Waals surface area contributed by atoms with Gasteiger partial charge in [-0.25, -0.2) is 0 Å². The third-order valence-corrected chi connectivity index (χ3v) is 1.58. The molecule has 0 aromatic heterocycles. The highest BCUT2D eigenvalue weighted by atomic mass is 16.6. The van der Waals surface area contributed by atoms with Gasteiger partial charge in [-0.05, 0) is 0 Å². The first-order valence-corrected chi connectivity index (χ1v) is 4.63. The molecule has 0 heterocycles. The summed E-state index contributed by atoms with van der Waals surface area (Å²) in [5.74, 6) is 0. The number of aliphatic hydroxyl groups is 1. The Morgan fingerprint density at radius 1 is 1.00 bits per heavy atom. The van der Waals surface area contributed by atoms with Crippen molar-refractivity contribution in [2.75, 3.05) is 53.9 Å². The summed E-state index contributed by atoms with van der Waals surface area (Å²) in [6.07, 6.45) is -0.276. The summed E-state index contributed by atoms with van der Waals surface area (Å²) in [6, 6.07) is 0. The molecule has 0 fully saturated rings. The monoisotopic (exact) mass is 208 g/mol. The van der Waals surface area contributed by atoms with Gasteiger partial charge in [0.2, 0.25) is 0 Å². The summed E-state index contributed by atoms with van der Waals surface area (Å²) in [5, 5.41) is 8.90. The molecule has 5 nitrogen and oxygen atoms in total. The van der Waals surface area contributed by atoms with Crippen molar-refractivity contribution < 1.29 is 24.1 Å². The zero-order chi connectivity index (χ0) is 10.6. The average Bonchev–Trinajstić information content (AvgIpc) is 2.22. The summed E-state index contributed by atoms with van der Waals surface area (Å²) >= 11 is 0. The number of rotatable bonds is 10. The molecule has 0 saturated carbocycles. The molecule has 0 spiro atoms. The van der Waals surface area contributed by atoms with E-state index in [9.17, 15) is 0 Å². The summed E-state index contributed by atoms with van der Waals surface area (Å²) < 4.78 is 20.1. The largest absolute Gasteiger partial charge is 0.394 e. The van der Waals surface area contributed by atoms with Gasteiger partial charge in [-0.1, -0.05) is 0 Å². The lowest BCUT2D eigenvalue weighted by atomic mass is 10.4. The van der Waals surface area contributed by atoms with Crippen LogP contribution in [0.4, 0.5) is 0 Å². The van der Waals surface area contributed by atoms with Crippen molar-refractivity contribution in [1.29, 1.82) is 0 Å². The van der Waals surface area contributed by atoms with Crippen molar-refractivity contribution in [3.63, 3.8) is 0 Å². The van der Waals surface area contributed by atoms with Crippen molar-refractivity contribution in [1.82, 2.24) is 0 Å². The molecule has 0 bridgehead atoms. The minimum absolute atomic E-state index is 0.0449. The molecular formula is C9H20O5. The Labute approximate surface area is 84.9 Å². The first-order chi connectivity index (χ1) is 6.85. The lowest BCUT2D eigenvalue weighted by Gasteiger charge is -2.15. The lowest BCUT2D eigenvalue weighted by molar-refractivity contribution is -0.0603. The summed E-state index contributed by atoms with van der Waals surface area (Å²) in [7, 11) is 3.22. The van der Waals surface area contributed by atoms with Crippen molar-refractivity contribution >= 4 is 0 Å². The van der Waals surface area contributed by atoms with E-state index >= 15 is 0 Å². The molecule has 1 atom stereocenters. The highest BCUT2D eigenvalue weighted by Gasteiger charge is 2.07. The van der Waals surface area contributed by atoms with Crippen LogP contribution in [0.1, 0.15) is 0 Å². The number of hydrogen-bond donors (Lipinski definition) is 1. The Hall–Kier alpha value is -0.200. The normalized spacial score (nSPS) is 13.1. The van der Waals surface area contributed by atoms with E-state index in [-0.39, 0.29) is 12.7 Å². The molecular weight excluding hydrogens is 188 g/mol. The van der Waals surface area contributed by atoms with Gasteiger partial charge in [0.1, 0.15) is 6.10 Å². The molecule has 86 valence electrons. The zero-order valence-electron chi connectivity index (χ0n) is 8.90. The topological polar surface area (TPSA) is 57.2 Å². The second-order valence-electron chi connectivity index (χ2n) is 2.74. The summed E-state index contributed by atoms with van der Waals surface area (Å²) in [4.78, 5) is 0. The van der Waals surface area contributed by atoms with E-state index in [2.05, 4.69) is 0 Å². The molecule has 0 radical (unpaired) electrons. The molecule has 0 aliphatic rings. The van der Waals surface area contributed by atoms with Crippen molar-refractivity contribution in [2.45, 2.75) is 6.10 Å². The smallest absolute Gasteiger partial charge is 0.104 e. The van der Waals surface area contributed by atoms with Gasteiger partial charge in [0.15, 0.2) is 0 Å². The fourth-order valence-electron chi connectivity index (χ4n) is 0.809. The van der Waals surface area contributed by atoms with Gasteiger partial charge in [-0.2, -0.15) is 0 Å². The molecule has 0 saturated heterocycles. The molecule has 14 heavy (non-hydrogen) atoms. The van der Waals surface area contributed by atoms with E-state index in [0.29, 0.717) is 33.0 Å². The van der Waals surface area contributed by atoms with Crippen LogP contribution in [0.3, 0.4) is 0 Å². The molecule has 0 amide bonds. The van der Waals surface area contributed by atoms with Crippen LogP contribution >= 0.6 is 0 Å². The van der Waals surface area contributed by atoms with Crippen LogP contribution in [0.25, 0.3) is 0 Å². The first-order valence-electron chi connectivity index (χ1n) is 4.63. The average molecular weight is 208 g/mol. The fourth-order valence-corrected chi connectivity index (χ4v) is 0.809. The van der Waals surface area contributed by atoms with Crippen molar-refractivity contribution in [3.8, 4) is 0 Å². The molecule has 1 unspecified atom stereocenters. The molecule has 5 heteroatoms. The van der Waals surface area contributed by atoms with E-state index in [1.54, 1.807) is 14.2 Å². The van der Waals surface area contributed by atoms with Crippen LogP contribution in [-0.4, -0.2) is 65.1 Å². The van der Waals surface area contributed by atoms with Gasteiger partial charge in [0.05, 0.1) is 39.6 Å². The Balaban J connectivity index is 3.28. The SMILES string of the molecule is COCCOCC(CO)OCCOC.